The summed E-state index contributed by atoms with van der Waals surface area (Å²) in [6.45, 7) is 7.82. The van der Waals surface area contributed by atoms with Crippen LogP contribution < -0.4 is 20.2 Å². The smallest absolute Gasteiger partial charge is 0.262 e. The molecule has 0 aromatic heterocycles. The number of aromatic hydroxyl groups is 1. The van der Waals surface area contributed by atoms with Crippen LogP contribution in [0.3, 0.4) is 0 Å². The largest absolute Gasteiger partial charge is 0.503 e. The van der Waals surface area contributed by atoms with Crippen molar-refractivity contribution in [2.75, 3.05) is 13.2 Å². The van der Waals surface area contributed by atoms with E-state index in [1.807, 2.05) is 45.9 Å². The molecule has 9 heteroatoms. The summed E-state index contributed by atoms with van der Waals surface area (Å²) in [6, 6.07) is 9.88. The van der Waals surface area contributed by atoms with Crippen molar-refractivity contribution in [3.63, 3.8) is 0 Å². The van der Waals surface area contributed by atoms with E-state index in [4.69, 9.17) is 9.47 Å². The highest BCUT2D eigenvalue weighted by Crippen LogP contribution is 2.35. The summed E-state index contributed by atoms with van der Waals surface area (Å²) in [7, 11) is 0. The lowest BCUT2D eigenvalue weighted by molar-refractivity contribution is -0.130. The van der Waals surface area contributed by atoms with Crippen LogP contribution in [0.15, 0.2) is 46.0 Å². The average molecular weight is 520 g/mol. The van der Waals surface area contributed by atoms with Crippen LogP contribution >= 0.6 is 15.9 Å². The first kappa shape index (κ1) is 26.2. The van der Waals surface area contributed by atoms with Crippen LogP contribution in [0, 0.1) is 12.8 Å². The molecule has 0 unspecified atom stereocenters. The van der Waals surface area contributed by atoms with Crippen molar-refractivity contribution in [1.82, 2.24) is 10.7 Å². The molecule has 2 amide bonds. The molecule has 2 aromatic rings. The van der Waals surface area contributed by atoms with Gasteiger partial charge in [0.05, 0.1) is 17.3 Å². The van der Waals surface area contributed by atoms with Gasteiger partial charge in [0.25, 0.3) is 11.8 Å². The standard InChI is InChI=1S/C24H30BrN3O5/c1-5-32-21-12-17(11-18(25)23(21)30)13-26-28-24(31)19(10-15(2)3)27-22(29)14-33-20-9-7-6-8-16(20)4/h6-9,11-13,15,19,30H,5,10,14H2,1-4H3,(H,27,29)(H,28,31)/b26-13-/t19-/m1/s1. The predicted octanol–water partition coefficient (Wildman–Crippen LogP) is 3.92. The van der Waals surface area contributed by atoms with Gasteiger partial charge in [-0.25, -0.2) is 5.43 Å². The number of amides is 2. The Morgan fingerprint density at radius 1 is 1.18 bits per heavy atom. The number of rotatable bonds is 11. The topological polar surface area (TPSA) is 109 Å². The van der Waals surface area contributed by atoms with Crippen LogP contribution in [-0.4, -0.2) is 42.4 Å². The molecule has 8 nitrogen and oxygen atoms in total. The number of hydrogen-bond donors (Lipinski definition) is 3. The summed E-state index contributed by atoms with van der Waals surface area (Å²) >= 11 is 3.26. The Morgan fingerprint density at radius 3 is 2.58 bits per heavy atom. The maximum absolute atomic E-state index is 12.7. The van der Waals surface area contributed by atoms with Crippen LogP contribution in [0.5, 0.6) is 17.2 Å². The highest BCUT2D eigenvalue weighted by Gasteiger charge is 2.22. The number of halogens is 1. The zero-order valence-corrected chi connectivity index (χ0v) is 20.8. The third kappa shape index (κ3) is 8.42. The fourth-order valence-electron chi connectivity index (χ4n) is 2.98. The van der Waals surface area contributed by atoms with Gasteiger partial charge in [-0.15, -0.1) is 0 Å². The number of carbonyl (C=O) groups excluding carboxylic acids is 2. The van der Waals surface area contributed by atoms with Crippen LogP contribution in [-0.2, 0) is 9.59 Å². The molecular formula is C24H30BrN3O5. The Morgan fingerprint density at radius 2 is 1.91 bits per heavy atom. The molecule has 0 saturated carbocycles. The molecule has 2 rings (SSSR count). The molecule has 33 heavy (non-hydrogen) atoms. The molecule has 0 aliphatic rings. The van der Waals surface area contributed by atoms with Crippen molar-refractivity contribution < 1.29 is 24.2 Å². The lowest BCUT2D eigenvalue weighted by Gasteiger charge is -2.19. The molecule has 1 atom stereocenters. The van der Waals surface area contributed by atoms with E-state index in [0.717, 1.165) is 5.56 Å². The van der Waals surface area contributed by atoms with Crippen molar-refractivity contribution in [2.24, 2.45) is 11.0 Å². The number of aryl methyl sites for hydroxylation is 1. The number of nitrogens with one attached hydrogen (secondary N) is 2. The van der Waals surface area contributed by atoms with Crippen molar-refractivity contribution in [2.45, 2.75) is 40.2 Å². The van der Waals surface area contributed by atoms with Crippen molar-refractivity contribution >= 4 is 34.0 Å². The Hall–Kier alpha value is -3.07. The van der Waals surface area contributed by atoms with Gasteiger partial charge < -0.3 is 19.9 Å². The number of para-hydroxylation sites is 1. The monoisotopic (exact) mass is 519 g/mol. The van der Waals surface area contributed by atoms with Crippen LogP contribution in [0.2, 0.25) is 0 Å². The molecule has 0 spiro atoms. The summed E-state index contributed by atoms with van der Waals surface area (Å²) in [4.78, 5) is 25.1. The minimum absolute atomic E-state index is 0.00865. The third-order valence-electron chi connectivity index (χ3n) is 4.55. The second-order valence-electron chi connectivity index (χ2n) is 7.82. The van der Waals surface area contributed by atoms with E-state index in [-0.39, 0.29) is 18.3 Å². The molecule has 0 aliphatic carbocycles. The number of benzene rings is 2. The van der Waals surface area contributed by atoms with E-state index in [2.05, 4.69) is 31.8 Å². The lowest BCUT2D eigenvalue weighted by atomic mass is 10.0. The number of carbonyl (C=O) groups is 2. The molecule has 0 aliphatic heterocycles. The number of hydrazone groups is 1. The molecule has 0 heterocycles. The maximum Gasteiger partial charge on any atom is 0.262 e. The van der Waals surface area contributed by atoms with Gasteiger partial charge in [-0.05, 0) is 71.4 Å². The maximum atomic E-state index is 12.7. The minimum Gasteiger partial charge on any atom is -0.503 e. The van der Waals surface area contributed by atoms with E-state index < -0.39 is 17.9 Å². The van der Waals surface area contributed by atoms with Gasteiger partial charge in [-0.2, -0.15) is 5.10 Å². The summed E-state index contributed by atoms with van der Waals surface area (Å²) in [5.74, 6) is 0.251. The predicted molar refractivity (Wildman–Crippen MR) is 131 cm³/mol. The molecule has 178 valence electrons. The fraction of sp³-hybridized carbons (Fsp3) is 0.375. The molecule has 3 N–H and O–H groups in total. The van der Waals surface area contributed by atoms with Gasteiger partial charge in [0.15, 0.2) is 18.1 Å². The Balaban J connectivity index is 1.99. The molecular weight excluding hydrogens is 490 g/mol. The van der Waals surface area contributed by atoms with E-state index in [1.165, 1.54) is 6.21 Å². The van der Waals surface area contributed by atoms with Gasteiger partial charge in [-0.3, -0.25) is 9.59 Å². The third-order valence-corrected chi connectivity index (χ3v) is 5.15. The Labute approximate surface area is 202 Å². The number of phenolic OH excluding ortho intramolecular Hbond substituents is 1. The second-order valence-corrected chi connectivity index (χ2v) is 8.67. The van der Waals surface area contributed by atoms with Gasteiger partial charge in [-0.1, -0.05) is 32.0 Å². The normalized spacial score (nSPS) is 11.9. The first-order chi connectivity index (χ1) is 15.7. The Bertz CT molecular complexity index is 994. The van der Waals surface area contributed by atoms with Gasteiger partial charge in [0, 0.05) is 0 Å². The average Bonchev–Trinajstić information content (AvgIpc) is 2.76. The van der Waals surface area contributed by atoms with Crippen LogP contribution in [0.1, 0.15) is 38.3 Å². The summed E-state index contributed by atoms with van der Waals surface area (Å²) in [5, 5.41) is 16.7. The van der Waals surface area contributed by atoms with Crippen LogP contribution in [0.25, 0.3) is 0 Å². The van der Waals surface area contributed by atoms with Crippen LogP contribution in [0.4, 0.5) is 0 Å². The van der Waals surface area contributed by atoms with E-state index >= 15 is 0 Å². The second kappa shape index (κ2) is 12.8. The van der Waals surface area contributed by atoms with E-state index in [1.54, 1.807) is 18.2 Å². The van der Waals surface area contributed by atoms with E-state index in [9.17, 15) is 14.7 Å². The number of nitrogens with zero attached hydrogens (tertiary/aromatic N) is 1. The molecule has 0 bridgehead atoms. The molecule has 0 radical (unpaired) electrons. The number of hydrogen-bond acceptors (Lipinski definition) is 6. The highest BCUT2D eigenvalue weighted by atomic mass is 79.9. The molecule has 0 fully saturated rings. The zero-order valence-electron chi connectivity index (χ0n) is 19.2. The summed E-state index contributed by atoms with van der Waals surface area (Å²) in [5.41, 5.74) is 4.00. The summed E-state index contributed by atoms with van der Waals surface area (Å²) in [6.07, 6.45) is 1.87. The van der Waals surface area contributed by atoms with Gasteiger partial charge in [0.1, 0.15) is 11.8 Å². The first-order valence-corrected chi connectivity index (χ1v) is 11.5. The molecule has 2 aromatic carbocycles. The zero-order chi connectivity index (χ0) is 24.4. The van der Waals surface area contributed by atoms with Gasteiger partial charge >= 0.3 is 0 Å². The minimum atomic E-state index is -0.763. The highest BCUT2D eigenvalue weighted by molar-refractivity contribution is 9.10. The first-order valence-electron chi connectivity index (χ1n) is 10.7. The number of ether oxygens (including phenoxy) is 2. The summed E-state index contributed by atoms with van der Waals surface area (Å²) < 4.78 is 11.4. The van der Waals surface area contributed by atoms with Crippen molar-refractivity contribution in [3.8, 4) is 17.2 Å². The van der Waals surface area contributed by atoms with E-state index in [0.29, 0.717) is 34.6 Å². The van der Waals surface area contributed by atoms with Crippen molar-refractivity contribution in [1.29, 1.82) is 0 Å². The van der Waals surface area contributed by atoms with Crippen molar-refractivity contribution in [3.05, 3.63) is 52.0 Å². The number of phenols is 1. The quantitative estimate of drug-likeness (QED) is 0.308. The fourth-order valence-corrected chi connectivity index (χ4v) is 3.44. The SMILES string of the molecule is CCOc1cc(/C=N\NC(=O)[C@@H](CC(C)C)NC(=O)COc2ccccc2C)cc(Br)c1O. The van der Waals surface area contributed by atoms with Gasteiger partial charge in [0.2, 0.25) is 0 Å². The Kier molecular flexibility index (Phi) is 10.2. The lowest BCUT2D eigenvalue weighted by Crippen LogP contribution is -2.47. The molecule has 0 saturated heterocycles.